The van der Waals surface area contributed by atoms with Crippen LogP contribution in [0.5, 0.6) is 12.0 Å². The van der Waals surface area contributed by atoms with Crippen molar-refractivity contribution >= 4 is 40.6 Å². The third kappa shape index (κ3) is 10.2. The van der Waals surface area contributed by atoms with Crippen molar-refractivity contribution in [2.45, 2.75) is 126 Å². The molecule has 4 aromatic rings. The molecule has 436 valence electrons. The van der Waals surface area contributed by atoms with Crippen LogP contribution in [0.15, 0.2) is 74.4 Å². The van der Waals surface area contributed by atoms with Crippen LogP contribution in [-0.4, -0.2) is 167 Å². The number of piperazine rings is 2. The fourth-order valence-corrected chi connectivity index (χ4v) is 15.8. The zero-order chi connectivity index (χ0) is 58.6. The van der Waals surface area contributed by atoms with Crippen LogP contribution in [0.4, 0.5) is 11.6 Å². The molecule has 0 N–H and O–H groups in total. The molecule has 8 atom stereocenters. The second-order valence-electron chi connectivity index (χ2n) is 25.2. The fraction of sp³-hybridized carbons (Fsp3) is 0.515. The number of Topliss-reactive ketones (excluding diaryl/α,β-unsaturated/α-hetero) is 2. The van der Waals surface area contributed by atoms with E-state index in [-0.39, 0.29) is 90.9 Å². The first-order valence-corrected chi connectivity index (χ1v) is 30.2. The minimum atomic E-state index is -0.771. The Morgan fingerprint density at radius 3 is 1.83 bits per heavy atom. The molecule has 8 aliphatic rings. The molecule has 0 bridgehead atoms. The van der Waals surface area contributed by atoms with Crippen molar-refractivity contribution in [3.8, 4) is 24.2 Å². The summed E-state index contributed by atoms with van der Waals surface area (Å²) in [4.78, 5) is 88.9. The van der Waals surface area contributed by atoms with Gasteiger partial charge in [0.15, 0.2) is 11.6 Å². The lowest BCUT2D eigenvalue weighted by Crippen LogP contribution is -2.55. The smallest absolute Gasteiger partial charge is 0.319 e. The van der Waals surface area contributed by atoms with Crippen molar-refractivity contribution in [2.24, 2.45) is 10.8 Å². The van der Waals surface area contributed by atoms with Gasteiger partial charge >= 0.3 is 12.0 Å². The molecule has 4 aliphatic heterocycles. The van der Waals surface area contributed by atoms with Crippen LogP contribution in [0.3, 0.4) is 0 Å². The van der Waals surface area contributed by atoms with E-state index in [0.29, 0.717) is 114 Å². The number of ketones is 2. The van der Waals surface area contributed by atoms with Crippen LogP contribution in [0.25, 0.3) is 5.57 Å². The molecule has 0 saturated carbocycles. The van der Waals surface area contributed by atoms with Crippen LogP contribution in [0.2, 0.25) is 0 Å². The van der Waals surface area contributed by atoms with Crippen molar-refractivity contribution in [3.63, 3.8) is 0 Å². The monoisotopic (exact) mass is 1130 g/mol. The number of ether oxygens (including phenoxy) is 2. The van der Waals surface area contributed by atoms with Gasteiger partial charge in [-0.25, -0.2) is 0 Å². The zero-order valence-electron chi connectivity index (χ0n) is 48.9. The van der Waals surface area contributed by atoms with Gasteiger partial charge in [0.25, 0.3) is 0 Å². The Hall–Kier alpha value is -7.80. The quantitative estimate of drug-likeness (QED) is 0.119. The fourth-order valence-electron chi connectivity index (χ4n) is 15.8. The number of carbonyl (C=O) groups excluding carboxylic acids is 4. The van der Waals surface area contributed by atoms with E-state index in [4.69, 9.17) is 36.0 Å². The predicted octanol–water partition coefficient (Wildman–Crippen LogP) is 7.48. The molecule has 18 nitrogen and oxygen atoms in total. The zero-order valence-corrected chi connectivity index (χ0v) is 48.9. The highest BCUT2D eigenvalue weighted by Gasteiger charge is 2.51. The normalized spacial score (nSPS) is 27.6. The number of hydrogen-bond donors (Lipinski definition) is 0. The summed E-state index contributed by atoms with van der Waals surface area (Å²) in [5, 5.41) is 19.7. The maximum atomic E-state index is 15.4. The summed E-state index contributed by atoms with van der Waals surface area (Å²) in [6.45, 7) is 19.2. The number of benzene rings is 2. The van der Waals surface area contributed by atoms with Crippen molar-refractivity contribution < 1.29 is 28.7 Å². The number of rotatable bonds is 13. The topological polar surface area (TPSA) is 205 Å². The summed E-state index contributed by atoms with van der Waals surface area (Å²) in [7, 11) is 4.21. The van der Waals surface area contributed by atoms with Gasteiger partial charge in [-0.05, 0) is 149 Å². The molecule has 2 aromatic heterocycles. The Kier molecular flexibility index (Phi) is 15.5. The second-order valence-corrected chi connectivity index (χ2v) is 25.2. The first kappa shape index (κ1) is 56.7. The van der Waals surface area contributed by atoms with E-state index in [9.17, 15) is 20.1 Å². The maximum absolute atomic E-state index is 15.4. The molecular formula is C66H76N12O6. The number of carbonyl (C=O) groups is 4. The second kappa shape index (κ2) is 23.0. The first-order chi connectivity index (χ1) is 40.6. The number of likely N-dealkylation sites (N-methyl/N-ethyl adjacent to an activating group) is 2. The van der Waals surface area contributed by atoms with E-state index < -0.39 is 10.8 Å². The van der Waals surface area contributed by atoms with E-state index in [1.54, 1.807) is 9.80 Å². The van der Waals surface area contributed by atoms with E-state index in [1.807, 2.05) is 0 Å². The lowest BCUT2D eigenvalue weighted by atomic mass is 9.60. The van der Waals surface area contributed by atoms with Gasteiger partial charge in [-0.1, -0.05) is 69.1 Å². The van der Waals surface area contributed by atoms with E-state index in [1.165, 1.54) is 28.8 Å². The van der Waals surface area contributed by atoms with Gasteiger partial charge in [-0.15, -0.1) is 0 Å². The Labute approximate surface area is 492 Å². The summed E-state index contributed by atoms with van der Waals surface area (Å²) in [5.74, 6) is 1.18. The molecule has 4 saturated heterocycles. The average Bonchev–Trinajstić information content (AvgIpc) is 1.23. The number of nitriles is 2. The van der Waals surface area contributed by atoms with Gasteiger partial charge in [0.05, 0.1) is 37.1 Å². The number of allylic oxidation sites excluding steroid dienone is 1. The SMILES string of the molecule is C=CC(=O)N1CCN(c2nc(OCC3CCCN3C)nc3c2CCC2(CC(=C)c4c(cccc4C4CC(COc5nc6c(c(N7CCN(C(=O)C=C)C(CC#N)C7)n5)CCC5(Cc7ccccc7C(C)C5)C6=O)N(C)C4)C2)C3=O)CC1CC#N. The standard InChI is InChI=1S/C66H76N12O6/c1-7-54(79)77-29-27-75(37-46(77)20-24-67)61-53-19-23-66(60(82)58(53)69-63(71-61)83-39-48-15-12-26-73(48)5)33-42(4)56-44(35-66)14-11-17-51(56)45-31-49(74(6)36-45)40-84-64-70-57-52(62(72-64)76-28-30-78(55(80)8-2)47(38-76)21-25-68)18-22-65(59(57)81)32-41(3)50-16-10-9-13-43(50)34-65/h7-11,13-14,16-17,41,45-49H,1-2,4,12,15,18-23,26-40H2,3,5-6H3. The number of nitrogens with zero attached hydrogens (tertiary/aromatic N) is 12. The molecule has 0 radical (unpaired) electrons. The number of likely N-dealkylation sites (tertiary alicyclic amines) is 2. The number of amides is 2. The molecule has 4 aliphatic carbocycles. The van der Waals surface area contributed by atoms with Crippen molar-refractivity contribution in [3.05, 3.63) is 125 Å². The van der Waals surface area contributed by atoms with Gasteiger partial charge in [0.1, 0.15) is 36.2 Å². The molecule has 84 heavy (non-hydrogen) atoms. The van der Waals surface area contributed by atoms with Crippen LogP contribution >= 0.6 is 0 Å². The minimum Gasteiger partial charge on any atom is -0.462 e. The van der Waals surface area contributed by atoms with Crippen LogP contribution in [0.1, 0.15) is 136 Å². The van der Waals surface area contributed by atoms with Gasteiger partial charge in [-0.3, -0.25) is 24.1 Å². The Balaban J connectivity index is 0.795. The van der Waals surface area contributed by atoms with E-state index in [0.717, 1.165) is 66.6 Å². The molecule has 6 heterocycles. The molecule has 2 aromatic carbocycles. The minimum absolute atomic E-state index is 0.0141. The van der Waals surface area contributed by atoms with Crippen LogP contribution in [0, 0.1) is 33.5 Å². The molecule has 18 heteroatoms. The highest BCUT2D eigenvalue weighted by molar-refractivity contribution is 6.04. The molecule has 8 unspecified atom stereocenters. The summed E-state index contributed by atoms with van der Waals surface area (Å²) in [5.41, 5.74) is 7.88. The summed E-state index contributed by atoms with van der Waals surface area (Å²) >= 11 is 0. The molecule has 12 rings (SSSR count). The number of aromatic nitrogens is 4. The molecule has 2 amide bonds. The highest BCUT2D eigenvalue weighted by atomic mass is 16.5. The Morgan fingerprint density at radius 1 is 0.679 bits per heavy atom. The summed E-state index contributed by atoms with van der Waals surface area (Å²) in [6.07, 6.45) is 10.6. The van der Waals surface area contributed by atoms with Gasteiger partial charge < -0.3 is 34.0 Å². The highest BCUT2D eigenvalue weighted by Crippen LogP contribution is 2.53. The van der Waals surface area contributed by atoms with Gasteiger partial charge in [0, 0.05) is 79.9 Å². The van der Waals surface area contributed by atoms with Gasteiger partial charge in [0.2, 0.25) is 11.8 Å². The molecule has 2 spiro atoms. The third-order valence-electron chi connectivity index (χ3n) is 20.2. The number of anilines is 2. The molecule has 4 fully saturated rings. The van der Waals surface area contributed by atoms with Crippen LogP contribution in [-0.2, 0) is 35.3 Å². The van der Waals surface area contributed by atoms with Crippen molar-refractivity contribution in [1.82, 2.24) is 39.5 Å². The third-order valence-corrected chi connectivity index (χ3v) is 20.2. The summed E-state index contributed by atoms with van der Waals surface area (Å²) in [6, 6.07) is 19.2. The molecular weight excluding hydrogens is 1060 g/mol. The lowest BCUT2D eigenvalue weighted by Gasteiger charge is -2.44. The van der Waals surface area contributed by atoms with Crippen LogP contribution < -0.4 is 19.3 Å². The Morgan fingerprint density at radius 2 is 1.24 bits per heavy atom. The predicted molar refractivity (Wildman–Crippen MR) is 318 cm³/mol. The number of hydrogen-bond acceptors (Lipinski definition) is 16. The van der Waals surface area contributed by atoms with Crippen molar-refractivity contribution in [1.29, 1.82) is 10.5 Å². The average molecular weight is 1130 g/mol. The lowest BCUT2D eigenvalue weighted by molar-refractivity contribution is -0.129. The number of fused-ring (bicyclic) bond motifs is 4. The first-order valence-electron chi connectivity index (χ1n) is 30.2. The van der Waals surface area contributed by atoms with E-state index in [2.05, 4.69) is 108 Å². The summed E-state index contributed by atoms with van der Waals surface area (Å²) < 4.78 is 13.1. The Bertz CT molecular complexity index is 3440. The maximum Gasteiger partial charge on any atom is 0.319 e. The van der Waals surface area contributed by atoms with E-state index >= 15 is 9.59 Å². The largest absolute Gasteiger partial charge is 0.462 e. The van der Waals surface area contributed by atoms with Crippen molar-refractivity contribution in [2.75, 3.05) is 89.5 Å². The van der Waals surface area contributed by atoms with Gasteiger partial charge in [-0.2, -0.15) is 30.5 Å².